The zero-order valence-corrected chi connectivity index (χ0v) is 8.83. The number of furan rings is 1. The molecule has 2 rings (SSSR count). The van der Waals surface area contributed by atoms with Crippen molar-refractivity contribution >= 4 is 0 Å². The Morgan fingerprint density at radius 1 is 1.50 bits per heavy atom. The smallest absolute Gasteiger partial charge is 0.105 e. The second kappa shape index (κ2) is 3.77. The molecule has 0 aliphatic heterocycles. The van der Waals surface area contributed by atoms with Gasteiger partial charge in [-0.3, -0.25) is 0 Å². The molecule has 0 unspecified atom stereocenters. The van der Waals surface area contributed by atoms with Crippen molar-refractivity contribution in [3.05, 3.63) is 24.2 Å². The lowest BCUT2D eigenvalue weighted by Crippen LogP contribution is -2.44. The Morgan fingerprint density at radius 2 is 2.21 bits per heavy atom. The van der Waals surface area contributed by atoms with Crippen LogP contribution in [0.3, 0.4) is 0 Å². The summed E-state index contributed by atoms with van der Waals surface area (Å²) >= 11 is 0. The highest BCUT2D eigenvalue weighted by atomic mass is 16.3. The highest BCUT2D eigenvalue weighted by molar-refractivity contribution is 5.05. The van der Waals surface area contributed by atoms with Crippen LogP contribution in [0.1, 0.15) is 38.4 Å². The van der Waals surface area contributed by atoms with Crippen LogP contribution in [0.25, 0.3) is 0 Å². The summed E-state index contributed by atoms with van der Waals surface area (Å²) in [6, 6.07) is 3.96. The zero-order valence-electron chi connectivity index (χ0n) is 8.83. The van der Waals surface area contributed by atoms with E-state index in [1.165, 1.54) is 12.8 Å². The van der Waals surface area contributed by atoms with Crippen LogP contribution in [0.4, 0.5) is 0 Å². The predicted molar refractivity (Wildman–Crippen MR) is 57.0 cm³/mol. The van der Waals surface area contributed by atoms with Gasteiger partial charge in [0.15, 0.2) is 0 Å². The lowest BCUT2D eigenvalue weighted by Gasteiger charge is -2.35. The molecule has 14 heavy (non-hydrogen) atoms. The van der Waals surface area contributed by atoms with Crippen molar-refractivity contribution in [2.24, 2.45) is 11.7 Å². The van der Waals surface area contributed by atoms with Gasteiger partial charge in [0, 0.05) is 12.0 Å². The van der Waals surface area contributed by atoms with E-state index in [2.05, 4.69) is 6.92 Å². The normalized spacial score (nSPS) is 33.1. The van der Waals surface area contributed by atoms with Gasteiger partial charge >= 0.3 is 0 Å². The molecule has 1 fully saturated rings. The van der Waals surface area contributed by atoms with E-state index in [0.717, 1.165) is 30.9 Å². The van der Waals surface area contributed by atoms with Crippen LogP contribution in [0.5, 0.6) is 0 Å². The summed E-state index contributed by atoms with van der Waals surface area (Å²) in [5.41, 5.74) is 6.34. The Labute approximate surface area is 85.5 Å². The Kier molecular flexibility index (Phi) is 2.64. The Bertz CT molecular complexity index is 271. The van der Waals surface area contributed by atoms with Gasteiger partial charge in [-0.05, 0) is 43.7 Å². The molecular formula is C12H19NO. The molecule has 1 aliphatic carbocycles. The van der Waals surface area contributed by atoms with Crippen LogP contribution >= 0.6 is 0 Å². The van der Waals surface area contributed by atoms with Crippen molar-refractivity contribution in [1.29, 1.82) is 0 Å². The highest BCUT2D eigenvalue weighted by Crippen LogP contribution is 2.32. The van der Waals surface area contributed by atoms with E-state index in [9.17, 15) is 0 Å². The fourth-order valence-electron chi connectivity index (χ4n) is 2.27. The van der Waals surface area contributed by atoms with Crippen molar-refractivity contribution in [2.45, 2.75) is 44.6 Å². The maximum absolute atomic E-state index is 6.35. The lowest BCUT2D eigenvalue weighted by atomic mass is 9.75. The summed E-state index contributed by atoms with van der Waals surface area (Å²) in [7, 11) is 0. The molecule has 2 nitrogen and oxygen atoms in total. The summed E-state index contributed by atoms with van der Waals surface area (Å²) in [6.07, 6.45) is 7.41. The number of hydrogen-bond donors (Lipinski definition) is 1. The van der Waals surface area contributed by atoms with E-state index in [0.29, 0.717) is 0 Å². The summed E-state index contributed by atoms with van der Waals surface area (Å²) in [5, 5.41) is 0. The molecule has 2 heteroatoms. The molecule has 0 bridgehead atoms. The standard InChI is InChI=1S/C12H19NO/c1-10-4-6-12(13,7-5-10)9-11-3-2-8-14-11/h2-3,8,10H,4-7,9,13H2,1H3. The van der Waals surface area contributed by atoms with Crippen molar-refractivity contribution < 1.29 is 4.42 Å². The van der Waals surface area contributed by atoms with Crippen LogP contribution < -0.4 is 5.73 Å². The Morgan fingerprint density at radius 3 is 2.79 bits per heavy atom. The molecule has 1 heterocycles. The Balaban J connectivity index is 1.96. The predicted octanol–water partition coefficient (Wildman–Crippen LogP) is 2.73. The van der Waals surface area contributed by atoms with Gasteiger partial charge in [-0.2, -0.15) is 0 Å². The van der Waals surface area contributed by atoms with E-state index < -0.39 is 0 Å². The summed E-state index contributed by atoms with van der Waals surface area (Å²) in [6.45, 7) is 2.31. The SMILES string of the molecule is CC1CCC(N)(Cc2ccco2)CC1. The van der Waals surface area contributed by atoms with Gasteiger partial charge in [-0.15, -0.1) is 0 Å². The second-order valence-electron chi connectivity index (χ2n) is 4.80. The minimum Gasteiger partial charge on any atom is -0.469 e. The molecule has 0 spiro atoms. The molecule has 2 N–H and O–H groups in total. The van der Waals surface area contributed by atoms with Crippen molar-refractivity contribution in [3.8, 4) is 0 Å². The van der Waals surface area contributed by atoms with E-state index in [1.54, 1.807) is 6.26 Å². The average molecular weight is 193 g/mol. The zero-order chi connectivity index (χ0) is 10.0. The van der Waals surface area contributed by atoms with Gasteiger partial charge in [0.1, 0.15) is 5.76 Å². The first-order valence-electron chi connectivity index (χ1n) is 5.49. The number of rotatable bonds is 2. The van der Waals surface area contributed by atoms with Gasteiger partial charge < -0.3 is 10.2 Å². The summed E-state index contributed by atoms with van der Waals surface area (Å²) in [5.74, 6) is 1.88. The fourth-order valence-corrected chi connectivity index (χ4v) is 2.27. The van der Waals surface area contributed by atoms with Gasteiger partial charge in [0.05, 0.1) is 6.26 Å². The molecule has 0 atom stereocenters. The minimum atomic E-state index is -0.00956. The minimum absolute atomic E-state index is 0.00956. The average Bonchev–Trinajstić information content (AvgIpc) is 2.63. The van der Waals surface area contributed by atoms with E-state index in [-0.39, 0.29) is 5.54 Å². The molecule has 1 aliphatic rings. The van der Waals surface area contributed by atoms with Crippen LogP contribution in [-0.2, 0) is 6.42 Å². The largest absolute Gasteiger partial charge is 0.469 e. The first kappa shape index (κ1) is 9.78. The molecule has 78 valence electrons. The second-order valence-corrected chi connectivity index (χ2v) is 4.80. The van der Waals surface area contributed by atoms with Gasteiger partial charge in [0.2, 0.25) is 0 Å². The quantitative estimate of drug-likeness (QED) is 0.784. The molecule has 0 aromatic carbocycles. The molecule has 0 saturated heterocycles. The maximum atomic E-state index is 6.35. The van der Waals surface area contributed by atoms with Crippen LogP contribution in [0.15, 0.2) is 22.8 Å². The van der Waals surface area contributed by atoms with Crippen LogP contribution in [-0.4, -0.2) is 5.54 Å². The number of nitrogens with two attached hydrogens (primary N) is 1. The topological polar surface area (TPSA) is 39.2 Å². The molecule has 1 aromatic rings. The van der Waals surface area contributed by atoms with Gasteiger partial charge in [0.25, 0.3) is 0 Å². The van der Waals surface area contributed by atoms with Crippen LogP contribution in [0, 0.1) is 5.92 Å². The lowest BCUT2D eigenvalue weighted by molar-refractivity contribution is 0.233. The summed E-state index contributed by atoms with van der Waals surface area (Å²) in [4.78, 5) is 0. The highest BCUT2D eigenvalue weighted by Gasteiger charge is 2.30. The molecule has 0 radical (unpaired) electrons. The fraction of sp³-hybridized carbons (Fsp3) is 0.667. The van der Waals surface area contributed by atoms with Crippen LogP contribution in [0.2, 0.25) is 0 Å². The third-order valence-electron chi connectivity index (χ3n) is 3.38. The third-order valence-corrected chi connectivity index (χ3v) is 3.38. The third kappa shape index (κ3) is 2.18. The van der Waals surface area contributed by atoms with E-state index in [4.69, 9.17) is 10.2 Å². The first-order valence-corrected chi connectivity index (χ1v) is 5.49. The first-order chi connectivity index (χ1) is 6.68. The van der Waals surface area contributed by atoms with E-state index in [1.807, 2.05) is 12.1 Å². The van der Waals surface area contributed by atoms with Crippen molar-refractivity contribution in [3.63, 3.8) is 0 Å². The van der Waals surface area contributed by atoms with E-state index >= 15 is 0 Å². The van der Waals surface area contributed by atoms with Crippen molar-refractivity contribution in [1.82, 2.24) is 0 Å². The molecule has 1 saturated carbocycles. The van der Waals surface area contributed by atoms with Crippen molar-refractivity contribution in [2.75, 3.05) is 0 Å². The monoisotopic (exact) mass is 193 g/mol. The Hall–Kier alpha value is -0.760. The van der Waals surface area contributed by atoms with Gasteiger partial charge in [-0.25, -0.2) is 0 Å². The van der Waals surface area contributed by atoms with Gasteiger partial charge in [-0.1, -0.05) is 6.92 Å². The summed E-state index contributed by atoms with van der Waals surface area (Å²) < 4.78 is 5.35. The molecular weight excluding hydrogens is 174 g/mol. The maximum Gasteiger partial charge on any atom is 0.105 e. The number of hydrogen-bond acceptors (Lipinski definition) is 2. The molecule has 0 amide bonds. The molecule has 1 aromatic heterocycles.